The van der Waals surface area contributed by atoms with Gasteiger partial charge in [0.1, 0.15) is 0 Å². The molecule has 0 radical (unpaired) electrons. The van der Waals surface area contributed by atoms with Gasteiger partial charge in [-0.2, -0.15) is 16.8 Å². The average Bonchev–Trinajstić information content (AvgIpc) is 1.57. The summed E-state index contributed by atoms with van der Waals surface area (Å²) in [6.45, 7) is 0. The van der Waals surface area contributed by atoms with E-state index in [2.05, 4.69) is 18.9 Å². The monoisotopic (exact) mass is 192 g/mol. The quantitative estimate of drug-likeness (QED) is 0.369. The fourth-order valence-electron chi connectivity index (χ4n) is 0.0774. The first-order chi connectivity index (χ1) is 4.21. The Balaban J connectivity index is 4.05. The minimum atomic E-state index is -4.44. The number of hydrogen-bond acceptors (Lipinski definition) is 6. The molecule has 62 valence electrons. The van der Waals surface area contributed by atoms with Crippen LogP contribution in [0.2, 0.25) is 0 Å². The van der Waals surface area contributed by atoms with E-state index in [1.54, 1.807) is 0 Å². The molecular formula is H4N2O6S2. The van der Waals surface area contributed by atoms with Gasteiger partial charge in [-0.05, 0) is 0 Å². The van der Waals surface area contributed by atoms with E-state index in [9.17, 15) is 16.8 Å². The molecular weight excluding hydrogens is 188 g/mol. The highest BCUT2D eigenvalue weighted by Gasteiger charge is 2.10. The second-order valence-corrected chi connectivity index (χ2v) is 3.37. The summed E-state index contributed by atoms with van der Waals surface area (Å²) in [6.07, 6.45) is 0. The lowest BCUT2D eigenvalue weighted by Crippen LogP contribution is -2.22. The highest BCUT2D eigenvalue weighted by molar-refractivity contribution is 7.86. The second-order valence-electron chi connectivity index (χ2n) is 1.12. The van der Waals surface area contributed by atoms with Crippen LogP contribution >= 0.6 is 0 Å². The molecule has 10 heavy (non-hydrogen) atoms. The molecule has 8 nitrogen and oxygen atoms in total. The maximum atomic E-state index is 9.79. The molecule has 0 unspecified atom stereocenters. The third kappa shape index (κ3) is 7.74. The maximum absolute atomic E-state index is 9.79. The fraction of sp³-hybridized carbons (Fsp3) is 0. The normalized spacial score (nSPS) is 13.4. The van der Waals surface area contributed by atoms with Gasteiger partial charge < -0.3 is 0 Å². The fourth-order valence-corrected chi connectivity index (χ4v) is 0.697. The minimum Gasteiger partial charge on any atom is -0.203 e. The molecule has 4 N–H and O–H groups in total. The molecule has 0 amide bonds. The summed E-state index contributed by atoms with van der Waals surface area (Å²) < 4.78 is 45.4. The van der Waals surface area contributed by atoms with Crippen LogP contribution in [0, 0.1) is 0 Å². The van der Waals surface area contributed by atoms with E-state index in [4.69, 9.17) is 0 Å². The Labute approximate surface area is 57.2 Å². The van der Waals surface area contributed by atoms with Gasteiger partial charge in [0.2, 0.25) is 0 Å². The van der Waals surface area contributed by atoms with E-state index in [0.717, 1.165) is 0 Å². The van der Waals surface area contributed by atoms with Gasteiger partial charge in [-0.15, -0.1) is 0 Å². The average molecular weight is 192 g/mol. The first-order valence-electron chi connectivity index (χ1n) is 1.64. The van der Waals surface area contributed by atoms with Gasteiger partial charge in [0.05, 0.1) is 0 Å². The largest absolute Gasteiger partial charge is 0.360 e. The molecule has 0 saturated carbocycles. The predicted octanol–water partition coefficient (Wildman–Crippen LogP) is -2.66. The molecule has 0 aliphatic heterocycles. The zero-order valence-corrected chi connectivity index (χ0v) is 6.05. The maximum Gasteiger partial charge on any atom is 0.360 e. The zero-order chi connectivity index (χ0) is 8.41. The van der Waals surface area contributed by atoms with E-state index in [-0.39, 0.29) is 0 Å². The van der Waals surface area contributed by atoms with Crippen LogP contribution in [0.4, 0.5) is 0 Å². The molecule has 0 rings (SSSR count). The minimum absolute atomic E-state index is 3.13. The highest BCUT2D eigenvalue weighted by Crippen LogP contribution is 1.87. The lowest BCUT2D eigenvalue weighted by Gasteiger charge is -1.94. The van der Waals surface area contributed by atoms with Crippen molar-refractivity contribution in [2.75, 3.05) is 0 Å². The second kappa shape index (κ2) is 2.77. The summed E-state index contributed by atoms with van der Waals surface area (Å²) in [5.74, 6) is 0. The molecule has 0 aromatic heterocycles. The van der Waals surface area contributed by atoms with Gasteiger partial charge in [-0.1, -0.05) is 8.67 Å². The number of hydrogen-bond donors (Lipinski definition) is 2. The summed E-state index contributed by atoms with van der Waals surface area (Å²) in [5, 5.41) is 8.30. The SMILES string of the molecule is NS(=O)(=O)OOS(N)(=O)=O. The Morgan fingerprint density at radius 1 is 0.800 bits per heavy atom. The molecule has 0 aromatic rings. The number of nitrogens with two attached hydrogens (primary N) is 2. The van der Waals surface area contributed by atoms with Gasteiger partial charge >= 0.3 is 20.6 Å². The van der Waals surface area contributed by atoms with E-state index in [1.165, 1.54) is 0 Å². The van der Waals surface area contributed by atoms with E-state index >= 15 is 0 Å². The third-order valence-electron chi connectivity index (χ3n) is 0.217. The van der Waals surface area contributed by atoms with Crippen LogP contribution in [0.5, 0.6) is 0 Å². The van der Waals surface area contributed by atoms with Crippen LogP contribution in [-0.2, 0) is 29.3 Å². The van der Waals surface area contributed by atoms with Crippen LogP contribution in [0.15, 0.2) is 0 Å². The van der Waals surface area contributed by atoms with Crippen molar-refractivity contribution in [2.24, 2.45) is 10.3 Å². The molecule has 10 heteroatoms. The first-order valence-corrected chi connectivity index (χ1v) is 4.58. The molecule has 0 bridgehead atoms. The van der Waals surface area contributed by atoms with E-state index in [1.807, 2.05) is 0 Å². The van der Waals surface area contributed by atoms with Crippen molar-refractivity contribution >= 4 is 20.6 Å². The summed E-state index contributed by atoms with van der Waals surface area (Å²) in [7, 11) is -8.88. The predicted molar refractivity (Wildman–Crippen MR) is 28.4 cm³/mol. The molecule has 0 saturated heterocycles. The lowest BCUT2D eigenvalue weighted by atomic mass is 13.9. The Hall–Kier alpha value is -0.260. The van der Waals surface area contributed by atoms with Crippen LogP contribution in [0.3, 0.4) is 0 Å². The van der Waals surface area contributed by atoms with Crippen molar-refractivity contribution in [3.63, 3.8) is 0 Å². The van der Waals surface area contributed by atoms with Crippen molar-refractivity contribution in [3.8, 4) is 0 Å². The Morgan fingerprint density at radius 2 is 1.00 bits per heavy atom. The molecule has 0 fully saturated rings. The first kappa shape index (κ1) is 9.74. The Bertz CT molecular complexity index is 250. The van der Waals surface area contributed by atoms with Crippen molar-refractivity contribution in [1.82, 2.24) is 0 Å². The van der Waals surface area contributed by atoms with E-state index in [0.29, 0.717) is 0 Å². The van der Waals surface area contributed by atoms with Gasteiger partial charge in [-0.3, -0.25) is 0 Å². The van der Waals surface area contributed by atoms with Crippen LogP contribution in [-0.4, -0.2) is 16.8 Å². The lowest BCUT2D eigenvalue weighted by molar-refractivity contribution is -0.0851. The van der Waals surface area contributed by atoms with Gasteiger partial charge in [-0.25, -0.2) is 10.3 Å². The van der Waals surface area contributed by atoms with Gasteiger partial charge in [0.15, 0.2) is 0 Å². The molecule has 0 aliphatic carbocycles. The third-order valence-corrected chi connectivity index (χ3v) is 0.819. The molecule has 0 atom stereocenters. The molecule has 0 heterocycles. The van der Waals surface area contributed by atoms with Crippen molar-refractivity contribution < 1.29 is 25.5 Å². The summed E-state index contributed by atoms with van der Waals surface area (Å²) >= 11 is 0. The summed E-state index contributed by atoms with van der Waals surface area (Å²) in [5.41, 5.74) is 0. The molecule has 0 aromatic carbocycles. The summed E-state index contributed by atoms with van der Waals surface area (Å²) in [6, 6.07) is 0. The van der Waals surface area contributed by atoms with Gasteiger partial charge in [0, 0.05) is 0 Å². The van der Waals surface area contributed by atoms with Gasteiger partial charge in [0.25, 0.3) is 0 Å². The molecule has 0 aliphatic rings. The molecule has 0 spiro atoms. The van der Waals surface area contributed by atoms with Crippen molar-refractivity contribution in [3.05, 3.63) is 0 Å². The highest BCUT2D eigenvalue weighted by atomic mass is 32.3. The topological polar surface area (TPSA) is 139 Å². The van der Waals surface area contributed by atoms with Crippen molar-refractivity contribution in [1.29, 1.82) is 0 Å². The standard InChI is InChI=1S/H4N2O6S2/c1-9(3,4)7-8-10(2,5)6/h(H2,1,3,4)(H2,2,5,6). The Morgan fingerprint density at radius 3 is 1.10 bits per heavy atom. The van der Waals surface area contributed by atoms with Crippen LogP contribution < -0.4 is 10.3 Å². The number of rotatable bonds is 3. The van der Waals surface area contributed by atoms with Crippen LogP contribution in [0.1, 0.15) is 0 Å². The van der Waals surface area contributed by atoms with Crippen LogP contribution in [0.25, 0.3) is 0 Å². The summed E-state index contributed by atoms with van der Waals surface area (Å²) in [4.78, 5) is 0. The zero-order valence-electron chi connectivity index (χ0n) is 4.42. The van der Waals surface area contributed by atoms with Crippen molar-refractivity contribution in [2.45, 2.75) is 0 Å². The Kier molecular flexibility index (Phi) is 2.70. The smallest absolute Gasteiger partial charge is 0.203 e. The van der Waals surface area contributed by atoms with E-state index < -0.39 is 20.6 Å².